The van der Waals surface area contributed by atoms with E-state index >= 15 is 0 Å². The lowest BCUT2D eigenvalue weighted by Gasteiger charge is -2.45. The maximum absolute atomic E-state index is 7.10. The van der Waals surface area contributed by atoms with Gasteiger partial charge in [0, 0.05) is 11.8 Å². The van der Waals surface area contributed by atoms with Crippen molar-refractivity contribution >= 4 is 22.3 Å². The zero-order valence-electron chi connectivity index (χ0n) is 34.0. The number of rotatable bonds is 10. The highest BCUT2D eigenvalue weighted by atomic mass is 28.4. The predicted molar refractivity (Wildman–Crippen MR) is 214 cm³/mol. The molecule has 0 aromatic carbocycles. The van der Waals surface area contributed by atoms with Crippen molar-refractivity contribution in [1.29, 1.82) is 0 Å². The lowest BCUT2D eigenvalue weighted by Crippen LogP contribution is -2.49. The first-order chi connectivity index (χ1) is 21.8. The van der Waals surface area contributed by atoms with Gasteiger partial charge >= 0.3 is 0 Å². The van der Waals surface area contributed by atoms with Crippen molar-refractivity contribution in [2.45, 2.75) is 170 Å². The lowest BCUT2D eigenvalue weighted by molar-refractivity contribution is 0.0969. The van der Waals surface area contributed by atoms with E-state index in [2.05, 4.69) is 138 Å². The molecule has 3 unspecified atom stereocenters. The van der Waals surface area contributed by atoms with E-state index in [1.54, 1.807) is 18.3 Å². The monoisotopic (exact) mass is 696 g/mol. The maximum atomic E-state index is 7.10. The van der Waals surface area contributed by atoms with Crippen molar-refractivity contribution < 1.29 is 13.7 Å². The summed E-state index contributed by atoms with van der Waals surface area (Å²) in [6.07, 6.45) is 19.8. The Hall–Kier alpha value is -1.48. The second-order valence-electron chi connectivity index (χ2n) is 19.4. The van der Waals surface area contributed by atoms with Gasteiger partial charge in [-0.3, -0.25) is 0 Å². The van der Waals surface area contributed by atoms with Crippen molar-refractivity contribution in [2.24, 2.45) is 27.8 Å². The first-order valence-electron chi connectivity index (χ1n) is 18.8. The minimum Gasteiger partial charge on any atom is -0.413 e. The van der Waals surface area contributed by atoms with E-state index in [-0.39, 0.29) is 33.1 Å². The molecule has 3 aliphatic rings. The fraction of sp³-hybridized carbons (Fsp3) is 0.738. The molecular formula is C42H73NO3Si2. The van der Waals surface area contributed by atoms with E-state index in [0.717, 1.165) is 31.4 Å². The number of hydrogen-bond donors (Lipinski definition) is 0. The summed E-state index contributed by atoms with van der Waals surface area (Å²) in [4.78, 5) is 5.14. The molecular weight excluding hydrogens is 623 g/mol. The van der Waals surface area contributed by atoms with Crippen LogP contribution in [-0.4, -0.2) is 41.7 Å². The van der Waals surface area contributed by atoms with E-state index in [1.807, 2.05) is 0 Å². The zero-order valence-corrected chi connectivity index (χ0v) is 36.0. The Balaban J connectivity index is 1.87. The van der Waals surface area contributed by atoms with Gasteiger partial charge in [-0.25, -0.2) is 0 Å². The Labute approximate surface area is 298 Å². The summed E-state index contributed by atoms with van der Waals surface area (Å²) in [5, 5.41) is 4.61. The highest BCUT2D eigenvalue weighted by Crippen LogP contribution is 2.57. The number of nitrogens with zero attached hydrogens (tertiary/aromatic N) is 1. The van der Waals surface area contributed by atoms with Crippen molar-refractivity contribution in [3.8, 4) is 0 Å². The van der Waals surface area contributed by atoms with E-state index in [4.69, 9.17) is 20.3 Å². The lowest BCUT2D eigenvalue weighted by atomic mass is 9.62. The van der Waals surface area contributed by atoms with Gasteiger partial charge in [-0.1, -0.05) is 123 Å². The molecule has 5 atom stereocenters. The van der Waals surface area contributed by atoms with E-state index in [1.165, 1.54) is 30.4 Å². The summed E-state index contributed by atoms with van der Waals surface area (Å²) in [5.74, 6) is 1.07. The van der Waals surface area contributed by atoms with Crippen LogP contribution in [0, 0.1) is 22.7 Å². The van der Waals surface area contributed by atoms with E-state index in [0.29, 0.717) is 11.8 Å². The van der Waals surface area contributed by atoms with Gasteiger partial charge in [0.2, 0.25) is 0 Å². The molecule has 0 N–H and O–H groups in total. The van der Waals surface area contributed by atoms with E-state index in [9.17, 15) is 0 Å². The molecule has 0 aromatic rings. The normalized spacial score (nSPS) is 29.1. The van der Waals surface area contributed by atoms with Crippen molar-refractivity contribution in [1.82, 2.24) is 0 Å². The number of fused-ring (bicyclic) bond motifs is 1. The largest absolute Gasteiger partial charge is 0.413 e. The first kappa shape index (κ1) is 40.9. The third-order valence-electron chi connectivity index (χ3n) is 12.6. The summed E-state index contributed by atoms with van der Waals surface area (Å²) in [6, 6.07) is 0. The van der Waals surface area contributed by atoms with Gasteiger partial charge in [0.25, 0.3) is 0 Å². The summed E-state index contributed by atoms with van der Waals surface area (Å²) in [7, 11) is -2.30. The van der Waals surface area contributed by atoms with Gasteiger partial charge in [-0.05, 0) is 109 Å². The first-order valence-corrected chi connectivity index (χ1v) is 24.6. The molecule has 3 rings (SSSR count). The fourth-order valence-electron chi connectivity index (χ4n) is 7.41. The molecule has 0 spiro atoms. The molecule has 0 aliphatic heterocycles. The number of oxime groups is 1. The Morgan fingerprint density at radius 3 is 2.17 bits per heavy atom. The van der Waals surface area contributed by atoms with Gasteiger partial charge in [-0.15, -0.1) is 0 Å². The van der Waals surface area contributed by atoms with Gasteiger partial charge in [0.05, 0.1) is 17.9 Å². The molecule has 0 amide bonds. The molecule has 3 aliphatic carbocycles. The van der Waals surface area contributed by atoms with Gasteiger partial charge in [-0.2, -0.15) is 0 Å². The standard InChI is InChI=1S/C42H73NO3Si2/c1-30(20-18-22-38(43-44-13)39(3,4)5)35-25-26-36-32(21-19-27-42(35,36)12)23-24-33-28-34(45-47(14,15)40(6,7)8)29-37(31(33)2)46-48(16,17)41(9,10)11/h18,22-25,30,34,36-37H,2,19-21,26-29H2,1,3-17H3/b22-18+,32-23+,33-24-,43-38+/t30?,34-,36?,37+,42?/m1/s1. The number of hydrogen-bond acceptors (Lipinski definition) is 4. The van der Waals surface area contributed by atoms with Crippen LogP contribution in [-0.2, 0) is 13.7 Å². The highest BCUT2D eigenvalue weighted by molar-refractivity contribution is 6.74. The van der Waals surface area contributed by atoms with Crippen LogP contribution in [0.15, 0.2) is 64.4 Å². The molecule has 0 bridgehead atoms. The van der Waals surface area contributed by atoms with Gasteiger partial charge < -0.3 is 13.7 Å². The molecule has 2 saturated carbocycles. The molecule has 272 valence electrons. The summed E-state index contributed by atoms with van der Waals surface area (Å²) < 4.78 is 14.2. The average Bonchev–Trinajstić information content (AvgIpc) is 3.29. The minimum absolute atomic E-state index is 0.0112. The molecule has 48 heavy (non-hydrogen) atoms. The van der Waals surface area contributed by atoms with Crippen LogP contribution in [0.2, 0.25) is 36.3 Å². The van der Waals surface area contributed by atoms with Crippen molar-refractivity contribution in [3.63, 3.8) is 0 Å². The third kappa shape index (κ3) is 9.44. The van der Waals surface area contributed by atoms with Crippen LogP contribution < -0.4 is 0 Å². The summed E-state index contributed by atoms with van der Waals surface area (Å²) in [5.41, 5.74) is 6.89. The van der Waals surface area contributed by atoms with Crippen LogP contribution in [0.5, 0.6) is 0 Å². The third-order valence-corrected chi connectivity index (χ3v) is 21.6. The molecule has 6 heteroatoms. The van der Waals surface area contributed by atoms with Crippen molar-refractivity contribution in [2.75, 3.05) is 7.11 Å². The van der Waals surface area contributed by atoms with Crippen LogP contribution in [0.25, 0.3) is 0 Å². The quantitative estimate of drug-likeness (QED) is 0.0988. The Morgan fingerprint density at radius 1 is 1.00 bits per heavy atom. The van der Waals surface area contributed by atoms with Crippen LogP contribution in [0.1, 0.15) is 121 Å². The average molecular weight is 696 g/mol. The highest BCUT2D eigenvalue weighted by Gasteiger charge is 2.47. The van der Waals surface area contributed by atoms with Gasteiger partial charge in [0.15, 0.2) is 16.6 Å². The zero-order chi connectivity index (χ0) is 36.5. The molecule has 0 saturated heterocycles. The van der Waals surface area contributed by atoms with E-state index < -0.39 is 16.6 Å². The molecule has 0 radical (unpaired) electrons. The van der Waals surface area contributed by atoms with Crippen LogP contribution >= 0.6 is 0 Å². The summed E-state index contributed by atoms with van der Waals surface area (Å²) >= 11 is 0. The van der Waals surface area contributed by atoms with Crippen molar-refractivity contribution in [3.05, 3.63) is 59.3 Å². The second-order valence-corrected chi connectivity index (χ2v) is 28.9. The SMILES string of the molecule is C=C1/C(=C\C=C2/CCCC3(C)C(C(C)C/C=C/C(=N\OC)C(C)(C)C)=CCC23)C[C@@H](O[Si](C)(C)C(C)(C)C)C[C@@H]1O[Si](C)(C)C(C)(C)C. The van der Waals surface area contributed by atoms with Gasteiger partial charge in [0.1, 0.15) is 7.11 Å². The minimum atomic E-state index is -1.99. The molecule has 4 nitrogen and oxygen atoms in total. The predicted octanol–water partition coefficient (Wildman–Crippen LogP) is 12.7. The Bertz CT molecular complexity index is 1310. The molecule has 0 heterocycles. The van der Waals surface area contributed by atoms with Crippen LogP contribution in [0.3, 0.4) is 0 Å². The second kappa shape index (κ2) is 15.0. The fourth-order valence-corrected chi connectivity index (χ4v) is 10.1. The number of allylic oxidation sites excluding steroid dienone is 7. The Kier molecular flexibility index (Phi) is 12.8. The summed E-state index contributed by atoms with van der Waals surface area (Å²) in [6.45, 7) is 39.7. The topological polar surface area (TPSA) is 40.0 Å². The molecule has 2 fully saturated rings. The van der Waals surface area contributed by atoms with Crippen LogP contribution in [0.4, 0.5) is 0 Å². The molecule has 0 aromatic heterocycles. The maximum Gasteiger partial charge on any atom is 0.192 e. The smallest absolute Gasteiger partial charge is 0.192 e. The Morgan fingerprint density at radius 2 is 1.60 bits per heavy atom.